The Morgan fingerprint density at radius 2 is 2.00 bits per heavy atom. The number of rotatable bonds is 3. The van der Waals surface area contributed by atoms with Crippen molar-refractivity contribution in [2.24, 2.45) is 0 Å². The number of esters is 1. The first-order valence-electron chi connectivity index (χ1n) is 13.2. The Labute approximate surface area is 218 Å². The van der Waals surface area contributed by atoms with Gasteiger partial charge in [-0.15, -0.1) is 5.10 Å². The molecule has 0 spiro atoms. The minimum atomic E-state index is -0.474. The zero-order chi connectivity index (χ0) is 26.0. The molecule has 198 valence electrons. The molecule has 0 radical (unpaired) electrons. The number of nitrogens with zero attached hydrogens (tertiary/aromatic N) is 5. The van der Waals surface area contributed by atoms with Crippen LogP contribution in [0.5, 0.6) is 0 Å². The molecule has 7 rings (SSSR count). The van der Waals surface area contributed by atoms with Gasteiger partial charge in [0.2, 0.25) is 5.91 Å². The quantitative estimate of drug-likeness (QED) is 0.528. The molecule has 3 aliphatic heterocycles. The first-order chi connectivity index (χ1) is 18.5. The summed E-state index contributed by atoms with van der Waals surface area (Å²) >= 11 is 0. The number of hydrogen-bond acceptors (Lipinski definition) is 7. The number of cyclic esters (lactones) is 1. The van der Waals surface area contributed by atoms with Gasteiger partial charge >= 0.3 is 5.97 Å². The van der Waals surface area contributed by atoms with E-state index in [2.05, 4.69) is 15.2 Å². The minimum absolute atomic E-state index is 0.0674. The van der Waals surface area contributed by atoms with Gasteiger partial charge in [-0.2, -0.15) is 0 Å². The predicted octanol–water partition coefficient (Wildman–Crippen LogP) is 2.15. The zero-order valence-corrected chi connectivity index (χ0v) is 21.1. The van der Waals surface area contributed by atoms with E-state index < -0.39 is 12.1 Å². The number of aromatic amines is 1. The third kappa shape index (κ3) is 3.83. The smallest absolute Gasteiger partial charge is 0.338 e. The van der Waals surface area contributed by atoms with Gasteiger partial charge in [0, 0.05) is 49.4 Å². The molecule has 3 aromatic rings. The lowest BCUT2D eigenvalue weighted by molar-refractivity contribution is -0.141. The van der Waals surface area contributed by atoms with E-state index in [9.17, 15) is 9.59 Å². The first kappa shape index (κ1) is 23.5. The van der Waals surface area contributed by atoms with Crippen LogP contribution in [0.25, 0.3) is 5.82 Å². The number of amides is 1. The molecule has 5 heterocycles. The molecule has 0 saturated carbocycles. The van der Waals surface area contributed by atoms with E-state index in [1.54, 1.807) is 30.1 Å². The normalized spacial score (nSPS) is 27.0. The first-order valence-corrected chi connectivity index (χ1v) is 13.2. The number of halogens is 1. The van der Waals surface area contributed by atoms with E-state index in [-0.39, 0.29) is 29.8 Å². The van der Waals surface area contributed by atoms with Crippen molar-refractivity contribution in [3.05, 3.63) is 64.4 Å². The number of nitrogens with one attached hydrogen (secondary N) is 1. The van der Waals surface area contributed by atoms with Gasteiger partial charge in [-0.05, 0) is 37.5 Å². The van der Waals surface area contributed by atoms with Crippen LogP contribution in [-0.4, -0.2) is 86.6 Å². The summed E-state index contributed by atoms with van der Waals surface area (Å²) < 4.78 is 28.6. The third-order valence-electron chi connectivity index (χ3n) is 8.37. The average molecular weight is 521 g/mol. The lowest BCUT2D eigenvalue weighted by Crippen LogP contribution is -2.60. The van der Waals surface area contributed by atoms with Crippen LogP contribution in [0.3, 0.4) is 0 Å². The van der Waals surface area contributed by atoms with E-state index in [0.717, 1.165) is 29.9 Å². The van der Waals surface area contributed by atoms with E-state index >= 15 is 4.39 Å². The van der Waals surface area contributed by atoms with Crippen LogP contribution in [0.4, 0.5) is 4.39 Å². The van der Waals surface area contributed by atoms with Crippen molar-refractivity contribution in [3.8, 4) is 5.82 Å². The van der Waals surface area contributed by atoms with Crippen molar-refractivity contribution in [2.45, 2.75) is 50.4 Å². The molecule has 11 heteroatoms. The van der Waals surface area contributed by atoms with Gasteiger partial charge in [-0.25, -0.2) is 24.1 Å². The summed E-state index contributed by atoms with van der Waals surface area (Å²) in [5, 5.41) is 6.66. The summed E-state index contributed by atoms with van der Waals surface area (Å²) in [6, 6.07) is 7.30. The minimum Gasteiger partial charge on any atom is -0.459 e. The molecule has 4 aliphatic rings. The Hall–Kier alpha value is -3.57. The number of carbonyl (C=O) groups excluding carboxylic acids is 2. The fourth-order valence-electron chi connectivity index (χ4n) is 6.32. The van der Waals surface area contributed by atoms with E-state index in [4.69, 9.17) is 14.5 Å². The second kappa shape index (κ2) is 9.02. The molecule has 1 unspecified atom stereocenters. The van der Waals surface area contributed by atoms with Crippen LogP contribution in [0.1, 0.15) is 58.1 Å². The summed E-state index contributed by atoms with van der Waals surface area (Å²) in [6.07, 6.45) is 2.81. The second-order valence-electron chi connectivity index (χ2n) is 10.7. The highest BCUT2D eigenvalue weighted by atomic mass is 19.1. The number of hydrogen-bond donors (Lipinski definition) is 1. The lowest BCUT2D eigenvalue weighted by Gasteiger charge is -2.46. The Balaban J connectivity index is 1.02. The van der Waals surface area contributed by atoms with Crippen molar-refractivity contribution in [1.82, 2.24) is 29.8 Å². The Kier molecular flexibility index (Phi) is 5.59. The van der Waals surface area contributed by atoms with Crippen LogP contribution >= 0.6 is 0 Å². The molecule has 0 bridgehead atoms. The van der Waals surface area contributed by atoms with Gasteiger partial charge in [-0.3, -0.25) is 9.69 Å². The summed E-state index contributed by atoms with van der Waals surface area (Å²) in [7, 11) is 0. The maximum absolute atomic E-state index is 15.5. The topological polar surface area (TPSA) is 106 Å². The van der Waals surface area contributed by atoms with Crippen molar-refractivity contribution >= 4 is 11.9 Å². The van der Waals surface area contributed by atoms with Gasteiger partial charge in [0.25, 0.3) is 0 Å². The largest absolute Gasteiger partial charge is 0.459 e. The van der Waals surface area contributed by atoms with Crippen molar-refractivity contribution in [1.29, 1.82) is 0 Å². The predicted molar refractivity (Wildman–Crippen MR) is 132 cm³/mol. The van der Waals surface area contributed by atoms with Gasteiger partial charge < -0.3 is 14.4 Å². The summed E-state index contributed by atoms with van der Waals surface area (Å²) in [4.78, 5) is 34.7. The Bertz CT molecular complexity index is 1410. The monoisotopic (exact) mass is 520 g/mol. The van der Waals surface area contributed by atoms with Crippen LogP contribution in [0.2, 0.25) is 0 Å². The summed E-state index contributed by atoms with van der Waals surface area (Å²) in [5.74, 6) is -0.0906. The number of aryl methyl sites for hydroxylation is 1. The number of ether oxygens (including phenoxy) is 2. The van der Waals surface area contributed by atoms with Crippen LogP contribution in [-0.2, 0) is 27.1 Å². The SMILES string of the molecule is C[C@H]1Cc2c(ccc([C@H]3CN4CCN(C(=O)C5CCc6nc(-n7cn[nH]7)ccc65)C[C@@H]4CO3)c2F)C(=O)O1. The fraction of sp³-hybridized carbons (Fsp3) is 0.481. The Morgan fingerprint density at radius 1 is 1.16 bits per heavy atom. The van der Waals surface area contributed by atoms with Crippen molar-refractivity contribution in [3.63, 3.8) is 0 Å². The molecule has 1 aromatic carbocycles. The maximum atomic E-state index is 15.5. The number of fused-ring (bicyclic) bond motifs is 3. The molecular weight excluding hydrogens is 491 g/mol. The van der Waals surface area contributed by atoms with E-state index in [0.29, 0.717) is 55.9 Å². The highest BCUT2D eigenvalue weighted by molar-refractivity contribution is 5.92. The number of piperazine rings is 1. The van der Waals surface area contributed by atoms with Crippen LogP contribution in [0, 0.1) is 5.82 Å². The molecular formula is C27H29FN6O4. The number of morpholine rings is 1. The van der Waals surface area contributed by atoms with Crippen LogP contribution in [0.15, 0.2) is 30.6 Å². The average Bonchev–Trinajstić information content (AvgIpc) is 3.31. The lowest BCUT2D eigenvalue weighted by atomic mass is 9.93. The number of pyridine rings is 1. The number of H-pyrrole nitrogens is 1. The molecule has 1 amide bonds. The highest BCUT2D eigenvalue weighted by Gasteiger charge is 2.40. The fourth-order valence-corrected chi connectivity index (χ4v) is 6.32. The zero-order valence-electron chi connectivity index (χ0n) is 21.1. The number of benzene rings is 1. The molecule has 2 fully saturated rings. The van der Waals surface area contributed by atoms with Gasteiger partial charge in [0.1, 0.15) is 18.2 Å². The molecule has 38 heavy (non-hydrogen) atoms. The Morgan fingerprint density at radius 3 is 2.82 bits per heavy atom. The molecule has 1 aliphatic carbocycles. The highest BCUT2D eigenvalue weighted by Crippen LogP contribution is 2.36. The molecule has 4 atom stereocenters. The molecule has 2 aromatic heterocycles. The van der Waals surface area contributed by atoms with Gasteiger partial charge in [-0.1, -0.05) is 12.1 Å². The third-order valence-corrected chi connectivity index (χ3v) is 8.37. The van der Waals surface area contributed by atoms with Crippen molar-refractivity contribution in [2.75, 3.05) is 32.8 Å². The molecule has 1 N–H and O–H groups in total. The van der Waals surface area contributed by atoms with E-state index in [1.807, 2.05) is 17.0 Å². The number of aromatic nitrogens is 4. The summed E-state index contributed by atoms with van der Waals surface area (Å²) in [6.45, 7) is 4.67. The van der Waals surface area contributed by atoms with Gasteiger partial charge in [0.15, 0.2) is 5.82 Å². The van der Waals surface area contributed by atoms with Crippen molar-refractivity contribution < 1.29 is 23.5 Å². The van der Waals surface area contributed by atoms with E-state index in [1.165, 1.54) is 0 Å². The molecule has 2 saturated heterocycles. The standard InChI is InChI=1S/C27H29FN6O4/c1-15-10-21-19(27(36)38-15)2-3-20(25(21)28)23-12-32-8-9-33(11-16(32)13-37-23)26(35)18-4-6-22-17(18)5-7-24(30-22)34-14-29-31-34/h2-3,5,7,14-16,18,23,31H,4,6,8-13H2,1H3/t15-,16+,18?,23+/m0/s1. The second-order valence-corrected chi connectivity index (χ2v) is 10.7. The summed E-state index contributed by atoms with van der Waals surface area (Å²) in [5.41, 5.74) is 3.19. The van der Waals surface area contributed by atoms with Gasteiger partial charge in [0.05, 0.1) is 30.2 Å². The molecule has 10 nitrogen and oxygen atoms in total. The van der Waals surface area contributed by atoms with Crippen LogP contribution < -0.4 is 0 Å². The maximum Gasteiger partial charge on any atom is 0.338 e. The number of carbonyl (C=O) groups is 2.